The molecule has 1 aromatic heterocycles. The SMILES string of the molecule is CC(O)(Cc1ccc(Br)cc1)c1nc(Br)cs1. The van der Waals surface area contributed by atoms with Crippen molar-refractivity contribution in [2.24, 2.45) is 0 Å². The largest absolute Gasteiger partial charge is 0.383 e. The highest BCUT2D eigenvalue weighted by atomic mass is 79.9. The van der Waals surface area contributed by atoms with Crippen molar-refractivity contribution in [1.29, 1.82) is 0 Å². The zero-order chi connectivity index (χ0) is 12.5. The van der Waals surface area contributed by atoms with Crippen molar-refractivity contribution in [1.82, 2.24) is 4.98 Å². The van der Waals surface area contributed by atoms with E-state index in [1.165, 1.54) is 11.3 Å². The molecule has 1 unspecified atom stereocenters. The van der Waals surface area contributed by atoms with Crippen molar-refractivity contribution in [3.05, 3.63) is 49.3 Å². The molecule has 1 N–H and O–H groups in total. The summed E-state index contributed by atoms with van der Waals surface area (Å²) in [6, 6.07) is 7.95. The van der Waals surface area contributed by atoms with Crippen molar-refractivity contribution in [3.8, 4) is 0 Å². The van der Waals surface area contributed by atoms with Crippen LogP contribution >= 0.6 is 43.2 Å². The zero-order valence-electron chi connectivity index (χ0n) is 9.15. The Labute approximate surface area is 121 Å². The molecule has 90 valence electrons. The van der Waals surface area contributed by atoms with E-state index in [4.69, 9.17) is 0 Å². The summed E-state index contributed by atoms with van der Waals surface area (Å²) in [5, 5.41) is 13.0. The van der Waals surface area contributed by atoms with Crippen LogP contribution in [0, 0.1) is 0 Å². The number of hydrogen-bond acceptors (Lipinski definition) is 3. The highest BCUT2D eigenvalue weighted by molar-refractivity contribution is 9.10. The van der Waals surface area contributed by atoms with Crippen LogP contribution in [0.3, 0.4) is 0 Å². The lowest BCUT2D eigenvalue weighted by atomic mass is 9.97. The first-order valence-corrected chi connectivity index (χ1v) is 7.52. The molecule has 0 aliphatic heterocycles. The van der Waals surface area contributed by atoms with Gasteiger partial charge in [0, 0.05) is 16.3 Å². The number of halogens is 2. The van der Waals surface area contributed by atoms with Crippen molar-refractivity contribution in [2.75, 3.05) is 0 Å². The normalized spacial score (nSPS) is 14.6. The van der Waals surface area contributed by atoms with Gasteiger partial charge in [-0.15, -0.1) is 11.3 Å². The van der Waals surface area contributed by atoms with E-state index in [2.05, 4.69) is 36.8 Å². The molecule has 0 saturated heterocycles. The van der Waals surface area contributed by atoms with Crippen LogP contribution in [0.2, 0.25) is 0 Å². The van der Waals surface area contributed by atoms with Gasteiger partial charge in [0.25, 0.3) is 0 Å². The molecule has 0 spiro atoms. The van der Waals surface area contributed by atoms with E-state index in [-0.39, 0.29) is 0 Å². The Bertz CT molecular complexity index is 507. The Hall–Kier alpha value is -0.230. The first-order chi connectivity index (χ1) is 7.97. The average molecular weight is 377 g/mol. The first-order valence-electron chi connectivity index (χ1n) is 5.06. The fraction of sp³-hybridized carbons (Fsp3) is 0.250. The van der Waals surface area contributed by atoms with Gasteiger partial charge in [-0.2, -0.15) is 0 Å². The maximum Gasteiger partial charge on any atom is 0.126 e. The van der Waals surface area contributed by atoms with Gasteiger partial charge in [0.15, 0.2) is 0 Å². The fourth-order valence-corrected chi connectivity index (χ4v) is 3.15. The molecule has 0 fully saturated rings. The molecule has 1 heterocycles. The maximum absolute atomic E-state index is 10.4. The van der Waals surface area contributed by atoms with Gasteiger partial charge in [0.05, 0.1) is 0 Å². The monoisotopic (exact) mass is 375 g/mol. The lowest BCUT2D eigenvalue weighted by molar-refractivity contribution is 0.0572. The van der Waals surface area contributed by atoms with Crippen LogP contribution in [-0.2, 0) is 12.0 Å². The van der Waals surface area contributed by atoms with Crippen LogP contribution < -0.4 is 0 Å². The van der Waals surface area contributed by atoms with Crippen LogP contribution in [-0.4, -0.2) is 10.1 Å². The van der Waals surface area contributed by atoms with Crippen LogP contribution in [0.15, 0.2) is 38.7 Å². The minimum atomic E-state index is -0.926. The molecule has 2 aromatic rings. The Morgan fingerprint density at radius 3 is 2.47 bits per heavy atom. The smallest absolute Gasteiger partial charge is 0.126 e. The maximum atomic E-state index is 10.4. The third-order valence-electron chi connectivity index (χ3n) is 2.40. The average Bonchev–Trinajstić information content (AvgIpc) is 2.69. The van der Waals surface area contributed by atoms with Crippen LogP contribution in [0.25, 0.3) is 0 Å². The summed E-state index contributed by atoms with van der Waals surface area (Å²) in [4.78, 5) is 4.27. The highest BCUT2D eigenvalue weighted by Gasteiger charge is 2.27. The number of aliphatic hydroxyl groups is 1. The Kier molecular flexibility index (Phi) is 4.02. The van der Waals surface area contributed by atoms with E-state index >= 15 is 0 Å². The van der Waals surface area contributed by atoms with Crippen LogP contribution in [0.5, 0.6) is 0 Å². The van der Waals surface area contributed by atoms with E-state index in [1.807, 2.05) is 29.6 Å². The fourth-order valence-electron chi connectivity index (χ4n) is 1.58. The van der Waals surface area contributed by atoms with E-state index in [0.717, 1.165) is 19.6 Å². The van der Waals surface area contributed by atoms with Crippen molar-refractivity contribution >= 4 is 43.2 Å². The molecule has 0 amide bonds. The Morgan fingerprint density at radius 1 is 1.29 bits per heavy atom. The summed E-state index contributed by atoms with van der Waals surface area (Å²) in [6.07, 6.45) is 0.556. The molecule has 0 aliphatic rings. The highest BCUT2D eigenvalue weighted by Crippen LogP contribution is 2.29. The summed E-state index contributed by atoms with van der Waals surface area (Å²) >= 11 is 8.16. The number of rotatable bonds is 3. The molecule has 0 aliphatic carbocycles. The molecule has 1 aromatic carbocycles. The quantitative estimate of drug-likeness (QED) is 0.873. The lowest BCUT2D eigenvalue weighted by Gasteiger charge is -2.20. The summed E-state index contributed by atoms with van der Waals surface area (Å²) in [5.74, 6) is 0. The molecule has 0 radical (unpaired) electrons. The number of hydrogen-bond donors (Lipinski definition) is 1. The number of benzene rings is 1. The molecule has 5 heteroatoms. The Balaban J connectivity index is 2.19. The molecular weight excluding hydrogens is 366 g/mol. The van der Waals surface area contributed by atoms with Gasteiger partial charge in [-0.25, -0.2) is 4.98 Å². The molecule has 0 saturated carbocycles. The van der Waals surface area contributed by atoms with Crippen molar-refractivity contribution < 1.29 is 5.11 Å². The molecule has 1 atom stereocenters. The number of thiazole rings is 1. The predicted octanol–water partition coefficient (Wildman–Crippen LogP) is 4.12. The minimum Gasteiger partial charge on any atom is -0.383 e. The van der Waals surface area contributed by atoms with Crippen LogP contribution in [0.1, 0.15) is 17.5 Å². The predicted molar refractivity (Wildman–Crippen MR) is 77.2 cm³/mol. The second-order valence-electron chi connectivity index (χ2n) is 4.05. The van der Waals surface area contributed by atoms with E-state index in [9.17, 15) is 5.11 Å². The third kappa shape index (κ3) is 3.37. The van der Waals surface area contributed by atoms with Gasteiger partial charge in [-0.3, -0.25) is 0 Å². The summed E-state index contributed by atoms with van der Waals surface area (Å²) in [6.45, 7) is 1.79. The van der Waals surface area contributed by atoms with Gasteiger partial charge < -0.3 is 5.11 Å². The molecule has 17 heavy (non-hydrogen) atoms. The standard InChI is InChI=1S/C12H11Br2NOS/c1-12(16,11-15-10(14)7-17-11)6-8-2-4-9(13)5-3-8/h2-5,7,16H,6H2,1H3. The lowest BCUT2D eigenvalue weighted by Crippen LogP contribution is -2.24. The summed E-state index contributed by atoms with van der Waals surface area (Å²) < 4.78 is 1.81. The molecular formula is C12H11Br2NOS. The van der Waals surface area contributed by atoms with Crippen molar-refractivity contribution in [2.45, 2.75) is 18.9 Å². The van der Waals surface area contributed by atoms with Crippen LogP contribution in [0.4, 0.5) is 0 Å². The number of aromatic nitrogens is 1. The van der Waals surface area contributed by atoms with Gasteiger partial charge in [-0.05, 0) is 40.5 Å². The second-order valence-corrected chi connectivity index (χ2v) is 6.64. The molecule has 2 rings (SSSR count). The Morgan fingerprint density at radius 2 is 1.94 bits per heavy atom. The van der Waals surface area contributed by atoms with Gasteiger partial charge in [-0.1, -0.05) is 28.1 Å². The minimum absolute atomic E-state index is 0.556. The molecule has 2 nitrogen and oxygen atoms in total. The van der Waals surface area contributed by atoms with E-state index in [0.29, 0.717) is 6.42 Å². The molecule has 0 bridgehead atoms. The summed E-state index contributed by atoms with van der Waals surface area (Å²) in [7, 11) is 0. The first kappa shape index (κ1) is 13.2. The van der Waals surface area contributed by atoms with Gasteiger partial charge >= 0.3 is 0 Å². The third-order valence-corrected chi connectivity index (χ3v) is 4.73. The number of nitrogens with zero attached hydrogens (tertiary/aromatic N) is 1. The zero-order valence-corrected chi connectivity index (χ0v) is 13.1. The van der Waals surface area contributed by atoms with E-state index < -0.39 is 5.60 Å². The topological polar surface area (TPSA) is 33.1 Å². The van der Waals surface area contributed by atoms with E-state index in [1.54, 1.807) is 6.92 Å². The summed E-state index contributed by atoms with van der Waals surface area (Å²) in [5.41, 5.74) is 0.161. The van der Waals surface area contributed by atoms with Gasteiger partial charge in [0.2, 0.25) is 0 Å². The van der Waals surface area contributed by atoms with Gasteiger partial charge in [0.1, 0.15) is 15.2 Å². The second kappa shape index (κ2) is 5.18. The van der Waals surface area contributed by atoms with Crippen molar-refractivity contribution in [3.63, 3.8) is 0 Å².